The fourth-order valence-electron chi connectivity index (χ4n) is 1.49. The van der Waals surface area contributed by atoms with E-state index in [2.05, 4.69) is 6.92 Å². The Morgan fingerprint density at radius 1 is 0.714 bits per heavy atom. The van der Waals surface area contributed by atoms with Crippen molar-refractivity contribution in [3.63, 3.8) is 0 Å². The molecule has 0 unspecified atom stereocenters. The van der Waals surface area contributed by atoms with Crippen molar-refractivity contribution in [3.05, 3.63) is 0 Å². The number of hydrogen-bond donors (Lipinski definition) is 1. The number of hydrogen-bond acceptors (Lipinski definition) is 5. The summed E-state index contributed by atoms with van der Waals surface area (Å²) < 4.78 is 21.4. The first-order valence-corrected chi connectivity index (χ1v) is 7.80. The Bertz CT molecular complexity index is 222. The van der Waals surface area contributed by atoms with Crippen LogP contribution in [0.5, 0.6) is 0 Å². The van der Waals surface area contributed by atoms with Crippen molar-refractivity contribution < 1.29 is 28.8 Å². The molecule has 1 N–H and O–H groups in total. The highest BCUT2D eigenvalue weighted by Crippen LogP contribution is 1.95. The molecule has 0 aliphatic carbocycles. The molecule has 0 atom stereocenters. The Labute approximate surface area is 127 Å². The third kappa shape index (κ3) is 19.3. The smallest absolute Gasteiger partial charge is 0.303 e. The third-order valence-corrected chi connectivity index (χ3v) is 2.69. The summed E-state index contributed by atoms with van der Waals surface area (Å²) in [6, 6.07) is 0. The lowest BCUT2D eigenvalue weighted by molar-refractivity contribution is -0.137. The van der Waals surface area contributed by atoms with Gasteiger partial charge in [-0.15, -0.1) is 0 Å². The molecule has 126 valence electrons. The summed E-state index contributed by atoms with van der Waals surface area (Å²) >= 11 is 0. The first-order chi connectivity index (χ1) is 10.3. The molecule has 0 aromatic heterocycles. The predicted octanol–water partition coefficient (Wildman–Crippen LogP) is 2.11. The van der Waals surface area contributed by atoms with Crippen molar-refractivity contribution in [1.29, 1.82) is 0 Å². The van der Waals surface area contributed by atoms with Gasteiger partial charge in [0.1, 0.15) is 0 Å². The molecule has 0 aliphatic rings. The fourth-order valence-corrected chi connectivity index (χ4v) is 1.49. The van der Waals surface area contributed by atoms with E-state index in [1.165, 1.54) is 0 Å². The summed E-state index contributed by atoms with van der Waals surface area (Å²) in [6.07, 6.45) is 3.88. The number of ether oxygens (including phenoxy) is 4. The molecule has 0 bridgehead atoms. The van der Waals surface area contributed by atoms with E-state index in [0.29, 0.717) is 52.7 Å². The highest BCUT2D eigenvalue weighted by molar-refractivity contribution is 5.66. The molecule has 0 saturated carbocycles. The van der Waals surface area contributed by atoms with Crippen molar-refractivity contribution in [3.8, 4) is 0 Å². The van der Waals surface area contributed by atoms with Gasteiger partial charge in [-0.3, -0.25) is 4.79 Å². The lowest BCUT2D eigenvalue weighted by Gasteiger charge is -2.07. The van der Waals surface area contributed by atoms with Crippen LogP contribution in [0.4, 0.5) is 0 Å². The van der Waals surface area contributed by atoms with Crippen LogP contribution in [0.15, 0.2) is 0 Å². The van der Waals surface area contributed by atoms with Crippen LogP contribution in [0.3, 0.4) is 0 Å². The van der Waals surface area contributed by atoms with Crippen LogP contribution in [0, 0.1) is 0 Å². The molecule has 0 aromatic carbocycles. The second kappa shape index (κ2) is 17.4. The van der Waals surface area contributed by atoms with Crippen LogP contribution in [-0.4, -0.2) is 63.9 Å². The number of carboxylic acid groups (broad SMARTS) is 1. The van der Waals surface area contributed by atoms with Gasteiger partial charge in [0.05, 0.1) is 39.6 Å². The molecule has 0 spiro atoms. The Balaban J connectivity index is 2.95. The highest BCUT2D eigenvalue weighted by atomic mass is 16.6. The zero-order chi connectivity index (χ0) is 15.6. The van der Waals surface area contributed by atoms with Gasteiger partial charge in [0, 0.05) is 19.6 Å². The average Bonchev–Trinajstić information content (AvgIpc) is 2.46. The Hall–Kier alpha value is -0.690. The van der Waals surface area contributed by atoms with Crippen LogP contribution >= 0.6 is 0 Å². The van der Waals surface area contributed by atoms with E-state index in [4.69, 9.17) is 24.1 Å². The monoisotopic (exact) mass is 306 g/mol. The SMILES string of the molecule is CCCCOCCOCCOCCOCCCCC(=O)O. The molecule has 0 aliphatic heterocycles. The molecule has 0 saturated heterocycles. The van der Waals surface area contributed by atoms with E-state index in [-0.39, 0.29) is 6.42 Å². The molecule has 0 heterocycles. The van der Waals surface area contributed by atoms with Crippen molar-refractivity contribution >= 4 is 5.97 Å². The summed E-state index contributed by atoms with van der Waals surface area (Å²) in [7, 11) is 0. The maximum absolute atomic E-state index is 10.3. The van der Waals surface area contributed by atoms with Gasteiger partial charge in [0.25, 0.3) is 0 Å². The summed E-state index contributed by atoms with van der Waals surface area (Å²) in [5.74, 6) is -0.755. The minimum atomic E-state index is -0.755. The summed E-state index contributed by atoms with van der Waals surface area (Å²) in [6.45, 7) is 6.96. The molecule has 0 aromatic rings. The zero-order valence-corrected chi connectivity index (χ0v) is 13.2. The van der Waals surface area contributed by atoms with Gasteiger partial charge in [0.2, 0.25) is 0 Å². The van der Waals surface area contributed by atoms with Crippen LogP contribution in [0.1, 0.15) is 39.0 Å². The molecular formula is C15H30O6. The molecule has 0 rings (SSSR count). The predicted molar refractivity (Wildman–Crippen MR) is 79.7 cm³/mol. The van der Waals surface area contributed by atoms with E-state index >= 15 is 0 Å². The van der Waals surface area contributed by atoms with Crippen LogP contribution in [-0.2, 0) is 23.7 Å². The average molecular weight is 306 g/mol. The molecule has 0 fully saturated rings. The van der Waals surface area contributed by atoms with Gasteiger partial charge in [-0.2, -0.15) is 0 Å². The maximum atomic E-state index is 10.3. The van der Waals surface area contributed by atoms with E-state index in [1.807, 2.05) is 0 Å². The Morgan fingerprint density at radius 2 is 1.14 bits per heavy atom. The van der Waals surface area contributed by atoms with Gasteiger partial charge < -0.3 is 24.1 Å². The highest BCUT2D eigenvalue weighted by Gasteiger charge is 1.96. The fraction of sp³-hybridized carbons (Fsp3) is 0.933. The summed E-state index contributed by atoms with van der Waals surface area (Å²) in [4.78, 5) is 10.3. The molecular weight excluding hydrogens is 276 g/mol. The first kappa shape index (κ1) is 20.3. The van der Waals surface area contributed by atoms with Crippen molar-refractivity contribution in [2.75, 3.05) is 52.9 Å². The minimum absolute atomic E-state index is 0.208. The first-order valence-electron chi connectivity index (χ1n) is 7.80. The zero-order valence-electron chi connectivity index (χ0n) is 13.2. The van der Waals surface area contributed by atoms with Gasteiger partial charge >= 0.3 is 5.97 Å². The minimum Gasteiger partial charge on any atom is -0.481 e. The maximum Gasteiger partial charge on any atom is 0.303 e. The van der Waals surface area contributed by atoms with E-state index in [1.54, 1.807) is 0 Å². The lowest BCUT2D eigenvalue weighted by Crippen LogP contribution is -2.12. The van der Waals surface area contributed by atoms with Gasteiger partial charge in [-0.05, 0) is 19.3 Å². The second-order valence-electron chi connectivity index (χ2n) is 4.65. The van der Waals surface area contributed by atoms with E-state index < -0.39 is 5.97 Å². The van der Waals surface area contributed by atoms with Gasteiger partial charge in [0.15, 0.2) is 0 Å². The topological polar surface area (TPSA) is 74.2 Å². The van der Waals surface area contributed by atoms with Crippen LogP contribution < -0.4 is 0 Å². The van der Waals surface area contributed by atoms with Crippen molar-refractivity contribution in [2.45, 2.75) is 39.0 Å². The van der Waals surface area contributed by atoms with Gasteiger partial charge in [-0.25, -0.2) is 0 Å². The van der Waals surface area contributed by atoms with E-state index in [9.17, 15) is 4.79 Å². The molecule has 0 radical (unpaired) electrons. The largest absolute Gasteiger partial charge is 0.481 e. The quantitative estimate of drug-likeness (QED) is 0.415. The van der Waals surface area contributed by atoms with Crippen molar-refractivity contribution in [1.82, 2.24) is 0 Å². The molecule has 6 heteroatoms. The Morgan fingerprint density at radius 3 is 1.57 bits per heavy atom. The summed E-state index contributed by atoms with van der Waals surface area (Å²) in [5, 5.41) is 8.45. The normalized spacial score (nSPS) is 10.9. The van der Waals surface area contributed by atoms with Gasteiger partial charge in [-0.1, -0.05) is 13.3 Å². The van der Waals surface area contributed by atoms with Crippen LogP contribution in [0.25, 0.3) is 0 Å². The van der Waals surface area contributed by atoms with Crippen molar-refractivity contribution in [2.24, 2.45) is 0 Å². The Kier molecular flexibility index (Phi) is 16.8. The summed E-state index contributed by atoms with van der Waals surface area (Å²) in [5.41, 5.74) is 0. The second-order valence-corrected chi connectivity index (χ2v) is 4.65. The molecule has 21 heavy (non-hydrogen) atoms. The van der Waals surface area contributed by atoms with E-state index in [0.717, 1.165) is 25.9 Å². The molecule has 6 nitrogen and oxygen atoms in total. The lowest BCUT2D eigenvalue weighted by atomic mass is 10.2. The number of aliphatic carboxylic acids is 1. The third-order valence-electron chi connectivity index (χ3n) is 2.69. The number of unbranched alkanes of at least 4 members (excludes halogenated alkanes) is 2. The standard InChI is InChI=1S/C15H30O6/c1-2-3-7-18-9-11-20-13-14-21-12-10-19-8-5-4-6-15(16)17/h2-14H2,1H3,(H,16,17). The van der Waals surface area contributed by atoms with Crippen LogP contribution in [0.2, 0.25) is 0 Å². The molecule has 0 amide bonds. The number of carboxylic acids is 1. The number of rotatable bonds is 17. The number of carbonyl (C=O) groups is 1.